The van der Waals surface area contributed by atoms with Gasteiger partial charge in [-0.25, -0.2) is 8.42 Å². The molecule has 3 N–H and O–H groups in total. The summed E-state index contributed by atoms with van der Waals surface area (Å²) in [4.78, 5) is 16.4. The molecule has 1 heterocycles. The molecule has 0 spiro atoms. The number of rotatable bonds is 8. The summed E-state index contributed by atoms with van der Waals surface area (Å²) in [6.45, 7) is 4.39. The highest BCUT2D eigenvalue weighted by Gasteiger charge is 2.18. The van der Waals surface area contributed by atoms with E-state index in [0.717, 1.165) is 0 Å². The molecule has 130 valence electrons. The Balaban J connectivity index is 2.16. The summed E-state index contributed by atoms with van der Waals surface area (Å²) in [5.41, 5.74) is 2.37. The zero-order chi connectivity index (χ0) is 17.6. The predicted molar refractivity (Wildman–Crippen MR) is 87.4 cm³/mol. The number of benzene rings is 1. The summed E-state index contributed by atoms with van der Waals surface area (Å²) in [5, 5.41) is 0. The average molecular weight is 353 g/mol. The van der Waals surface area contributed by atoms with Crippen LogP contribution in [0, 0.1) is 0 Å². The van der Waals surface area contributed by atoms with E-state index in [-0.39, 0.29) is 10.6 Å². The maximum Gasteiger partial charge on any atom is 0.282 e. The maximum atomic E-state index is 12.3. The van der Waals surface area contributed by atoms with E-state index in [1.165, 1.54) is 24.3 Å². The monoisotopic (exact) mass is 353 g/mol. The van der Waals surface area contributed by atoms with Gasteiger partial charge in [0.15, 0.2) is 11.5 Å². The molecule has 0 saturated carbocycles. The second kappa shape index (κ2) is 7.84. The Morgan fingerprint density at radius 1 is 1.12 bits per heavy atom. The lowest BCUT2D eigenvalue weighted by atomic mass is 10.3. The van der Waals surface area contributed by atoms with Crippen molar-refractivity contribution in [1.29, 1.82) is 0 Å². The Morgan fingerprint density at radius 2 is 1.83 bits per heavy atom. The van der Waals surface area contributed by atoms with Crippen LogP contribution in [0.3, 0.4) is 0 Å². The molecule has 0 unspecified atom stereocenters. The van der Waals surface area contributed by atoms with E-state index in [1.54, 1.807) is 19.2 Å². The minimum absolute atomic E-state index is 0.0545. The van der Waals surface area contributed by atoms with Crippen LogP contribution in [0.1, 0.15) is 24.3 Å². The number of hydrazine groups is 1. The molecule has 0 atom stereocenters. The van der Waals surface area contributed by atoms with Crippen molar-refractivity contribution < 1.29 is 22.7 Å². The first-order valence-corrected chi connectivity index (χ1v) is 8.81. The van der Waals surface area contributed by atoms with Crippen molar-refractivity contribution in [3.63, 3.8) is 0 Å². The molecule has 0 aliphatic rings. The topological polar surface area (TPSA) is 110 Å². The number of aromatic amines is 1. The molecule has 0 bridgehead atoms. The molecule has 0 aliphatic heterocycles. The van der Waals surface area contributed by atoms with Gasteiger partial charge in [0, 0.05) is 12.3 Å². The first-order valence-electron chi connectivity index (χ1n) is 7.33. The molecular formula is C15H19N3O5S. The van der Waals surface area contributed by atoms with Crippen LogP contribution in [0.25, 0.3) is 0 Å². The van der Waals surface area contributed by atoms with Gasteiger partial charge in [-0.1, -0.05) is 0 Å². The van der Waals surface area contributed by atoms with E-state index in [9.17, 15) is 13.2 Å². The molecule has 1 aromatic heterocycles. The van der Waals surface area contributed by atoms with Gasteiger partial charge < -0.3 is 14.5 Å². The Bertz CT molecular complexity index is 787. The fourth-order valence-corrected chi connectivity index (χ4v) is 2.76. The van der Waals surface area contributed by atoms with E-state index >= 15 is 0 Å². The molecule has 8 nitrogen and oxygen atoms in total. The number of carbonyl (C=O) groups is 1. The van der Waals surface area contributed by atoms with Crippen molar-refractivity contribution in [2.24, 2.45) is 0 Å². The number of nitrogens with one attached hydrogen (secondary N) is 3. The highest BCUT2D eigenvalue weighted by molar-refractivity contribution is 7.89. The van der Waals surface area contributed by atoms with Crippen molar-refractivity contribution in [2.75, 3.05) is 13.2 Å². The Kier molecular flexibility index (Phi) is 5.83. The van der Waals surface area contributed by atoms with Gasteiger partial charge in [0.1, 0.15) is 5.69 Å². The Hall–Kier alpha value is -2.52. The molecule has 0 fully saturated rings. The smallest absolute Gasteiger partial charge is 0.282 e. The third-order valence-electron chi connectivity index (χ3n) is 2.97. The van der Waals surface area contributed by atoms with Crippen molar-refractivity contribution in [3.05, 3.63) is 42.2 Å². The van der Waals surface area contributed by atoms with Crippen LogP contribution in [0.4, 0.5) is 0 Å². The van der Waals surface area contributed by atoms with E-state index in [2.05, 4.69) is 10.4 Å². The van der Waals surface area contributed by atoms with Crippen LogP contribution in [0.5, 0.6) is 11.5 Å². The summed E-state index contributed by atoms with van der Waals surface area (Å²) < 4.78 is 35.4. The second-order valence-corrected chi connectivity index (χ2v) is 6.30. The SMILES string of the molecule is CCOc1ccc(S(=O)(=O)NNC(=O)c2ccc[nH]2)cc1OCC. The van der Waals surface area contributed by atoms with Crippen LogP contribution < -0.4 is 19.7 Å². The number of carbonyl (C=O) groups excluding carboxylic acids is 1. The quantitative estimate of drug-likeness (QED) is 0.622. The van der Waals surface area contributed by atoms with Crippen LogP contribution in [0.15, 0.2) is 41.4 Å². The van der Waals surface area contributed by atoms with Crippen molar-refractivity contribution in [1.82, 2.24) is 15.2 Å². The molecule has 24 heavy (non-hydrogen) atoms. The predicted octanol–water partition coefficient (Wildman–Crippen LogP) is 1.44. The lowest BCUT2D eigenvalue weighted by Gasteiger charge is -2.13. The molecular weight excluding hydrogens is 334 g/mol. The highest BCUT2D eigenvalue weighted by Crippen LogP contribution is 2.30. The Labute approximate surface area is 140 Å². The number of ether oxygens (including phenoxy) is 2. The molecule has 1 aromatic carbocycles. The highest BCUT2D eigenvalue weighted by atomic mass is 32.2. The lowest BCUT2D eigenvalue weighted by Crippen LogP contribution is -2.41. The molecule has 2 aromatic rings. The number of amides is 1. The first kappa shape index (κ1) is 17.8. The number of aromatic nitrogens is 1. The number of sulfonamides is 1. The average Bonchev–Trinajstić information content (AvgIpc) is 3.09. The van der Waals surface area contributed by atoms with E-state index in [1.807, 2.05) is 11.8 Å². The van der Waals surface area contributed by atoms with Gasteiger partial charge in [-0.3, -0.25) is 10.2 Å². The number of hydrogen-bond donors (Lipinski definition) is 3. The van der Waals surface area contributed by atoms with Crippen molar-refractivity contribution >= 4 is 15.9 Å². The summed E-state index contributed by atoms with van der Waals surface area (Å²) in [6.07, 6.45) is 1.56. The lowest BCUT2D eigenvalue weighted by molar-refractivity contribution is 0.0940. The minimum atomic E-state index is -3.95. The van der Waals surface area contributed by atoms with Gasteiger partial charge in [-0.05, 0) is 38.1 Å². The first-order chi connectivity index (χ1) is 11.5. The fourth-order valence-electron chi connectivity index (χ4n) is 1.91. The minimum Gasteiger partial charge on any atom is -0.490 e. The van der Waals surface area contributed by atoms with Gasteiger partial charge in [-0.15, -0.1) is 4.83 Å². The molecule has 0 saturated heterocycles. The normalized spacial score (nSPS) is 11.1. The molecule has 0 radical (unpaired) electrons. The zero-order valence-electron chi connectivity index (χ0n) is 13.3. The largest absolute Gasteiger partial charge is 0.490 e. The number of H-pyrrole nitrogens is 1. The van der Waals surface area contributed by atoms with Crippen LogP contribution in [0.2, 0.25) is 0 Å². The van der Waals surface area contributed by atoms with Gasteiger partial charge in [-0.2, -0.15) is 0 Å². The fraction of sp³-hybridized carbons (Fsp3) is 0.267. The van der Waals surface area contributed by atoms with Crippen LogP contribution in [-0.4, -0.2) is 32.5 Å². The molecule has 9 heteroatoms. The third-order valence-corrected chi connectivity index (χ3v) is 4.21. The Morgan fingerprint density at radius 3 is 2.46 bits per heavy atom. The van der Waals surface area contributed by atoms with Crippen LogP contribution in [-0.2, 0) is 10.0 Å². The summed E-state index contributed by atoms with van der Waals surface area (Å²) in [6, 6.07) is 7.38. The molecule has 1 amide bonds. The zero-order valence-corrected chi connectivity index (χ0v) is 14.1. The van der Waals surface area contributed by atoms with Gasteiger partial charge in [0.25, 0.3) is 15.9 Å². The summed E-state index contributed by atoms with van der Waals surface area (Å²) >= 11 is 0. The van der Waals surface area contributed by atoms with E-state index in [4.69, 9.17) is 9.47 Å². The molecule has 0 aliphatic carbocycles. The second-order valence-electron chi connectivity index (χ2n) is 4.62. The number of hydrogen-bond acceptors (Lipinski definition) is 5. The van der Waals surface area contributed by atoms with E-state index < -0.39 is 15.9 Å². The van der Waals surface area contributed by atoms with Crippen LogP contribution >= 0.6 is 0 Å². The van der Waals surface area contributed by atoms with Crippen molar-refractivity contribution in [3.8, 4) is 11.5 Å². The van der Waals surface area contributed by atoms with Crippen molar-refractivity contribution in [2.45, 2.75) is 18.7 Å². The summed E-state index contributed by atoms with van der Waals surface area (Å²) in [7, 11) is -3.95. The van der Waals surface area contributed by atoms with Gasteiger partial charge >= 0.3 is 0 Å². The van der Waals surface area contributed by atoms with Gasteiger partial charge in [0.2, 0.25) is 0 Å². The maximum absolute atomic E-state index is 12.3. The molecule has 2 rings (SSSR count). The van der Waals surface area contributed by atoms with E-state index in [0.29, 0.717) is 24.7 Å². The third kappa shape index (κ3) is 4.27. The summed E-state index contributed by atoms with van der Waals surface area (Å²) in [5.74, 6) is 0.172. The van der Waals surface area contributed by atoms with Gasteiger partial charge in [0.05, 0.1) is 18.1 Å². The standard InChI is InChI=1S/C15H19N3O5S/c1-3-22-13-8-7-11(10-14(13)23-4-2)24(20,21)18-17-15(19)12-6-5-9-16-12/h5-10,16,18H,3-4H2,1-2H3,(H,17,19).